The molecule has 0 radical (unpaired) electrons. The van der Waals surface area contributed by atoms with E-state index in [0.29, 0.717) is 12.5 Å². The number of rotatable bonds is 3. The molecule has 0 aromatic rings. The van der Waals surface area contributed by atoms with Gasteiger partial charge in [-0.05, 0) is 13.8 Å². The van der Waals surface area contributed by atoms with Gasteiger partial charge >= 0.3 is 0 Å². The van der Waals surface area contributed by atoms with E-state index in [9.17, 15) is 0 Å². The van der Waals surface area contributed by atoms with Crippen molar-refractivity contribution < 1.29 is 0 Å². The zero-order valence-electron chi connectivity index (χ0n) is 7.37. The highest BCUT2D eigenvalue weighted by Crippen LogP contribution is 1.90. The van der Waals surface area contributed by atoms with Crippen LogP contribution in [-0.4, -0.2) is 19.0 Å². The van der Waals surface area contributed by atoms with E-state index in [0.717, 1.165) is 6.54 Å². The van der Waals surface area contributed by atoms with E-state index < -0.39 is 0 Å². The lowest BCUT2D eigenvalue weighted by Gasteiger charge is -2.01. The molecule has 70 valence electrons. The first kappa shape index (κ1) is 14.0. The summed E-state index contributed by atoms with van der Waals surface area (Å²) in [6, 6.07) is 2.07. The Kier molecular flexibility index (Phi) is 10.0. The van der Waals surface area contributed by atoms with E-state index in [2.05, 4.69) is 16.4 Å². The highest BCUT2D eigenvalue weighted by molar-refractivity contribution is 14.0. The van der Waals surface area contributed by atoms with Crippen molar-refractivity contribution in [3.63, 3.8) is 0 Å². The summed E-state index contributed by atoms with van der Waals surface area (Å²) >= 11 is 0. The summed E-state index contributed by atoms with van der Waals surface area (Å²) in [5, 5.41) is 11.2. The van der Waals surface area contributed by atoms with E-state index in [1.165, 1.54) is 0 Å². The molecule has 0 amide bonds. The third-order valence-corrected chi connectivity index (χ3v) is 1.11. The Labute approximate surface area is 90.3 Å². The number of nitrogens with two attached hydrogens (primary N) is 1. The summed E-state index contributed by atoms with van der Waals surface area (Å²) in [5.74, 6) is 0.349. The van der Waals surface area contributed by atoms with E-state index in [4.69, 9.17) is 11.0 Å². The molecule has 12 heavy (non-hydrogen) atoms. The molecule has 3 N–H and O–H groups in total. The SMILES string of the molecule is CCNC(N)=NCC(C)C#N.I. The minimum absolute atomic E-state index is 0. The van der Waals surface area contributed by atoms with Crippen molar-refractivity contribution in [2.24, 2.45) is 16.6 Å². The third kappa shape index (κ3) is 7.60. The molecule has 0 saturated heterocycles. The Morgan fingerprint density at radius 2 is 2.33 bits per heavy atom. The molecule has 0 saturated carbocycles. The summed E-state index contributed by atoms with van der Waals surface area (Å²) in [5.41, 5.74) is 5.42. The maximum absolute atomic E-state index is 8.40. The number of hydrogen-bond acceptors (Lipinski definition) is 2. The summed E-state index contributed by atoms with van der Waals surface area (Å²) in [7, 11) is 0. The fourth-order valence-electron chi connectivity index (χ4n) is 0.513. The lowest BCUT2D eigenvalue weighted by atomic mass is 10.2. The predicted molar refractivity (Wildman–Crippen MR) is 60.4 cm³/mol. The normalized spacial score (nSPS) is 12.6. The number of nitrogens with zero attached hydrogens (tertiary/aromatic N) is 2. The van der Waals surface area contributed by atoms with Gasteiger partial charge in [-0.3, -0.25) is 4.99 Å². The zero-order valence-corrected chi connectivity index (χ0v) is 9.70. The molecule has 1 unspecified atom stereocenters. The van der Waals surface area contributed by atoms with Crippen LogP contribution in [0, 0.1) is 17.2 Å². The van der Waals surface area contributed by atoms with Gasteiger partial charge in [0.05, 0.1) is 18.5 Å². The molecule has 5 heteroatoms. The number of aliphatic imine (C=N–C) groups is 1. The quantitative estimate of drug-likeness (QED) is 0.454. The second-order valence-corrected chi connectivity index (χ2v) is 2.29. The van der Waals surface area contributed by atoms with Crippen molar-refractivity contribution in [2.75, 3.05) is 13.1 Å². The Morgan fingerprint density at radius 3 is 2.75 bits per heavy atom. The third-order valence-electron chi connectivity index (χ3n) is 1.11. The van der Waals surface area contributed by atoms with Gasteiger partial charge in [0.25, 0.3) is 0 Å². The van der Waals surface area contributed by atoms with Crippen LogP contribution in [0.1, 0.15) is 13.8 Å². The Bertz CT molecular complexity index is 173. The van der Waals surface area contributed by atoms with Gasteiger partial charge in [0.1, 0.15) is 0 Å². The molecule has 0 rings (SSSR count). The Morgan fingerprint density at radius 1 is 1.75 bits per heavy atom. The fraction of sp³-hybridized carbons (Fsp3) is 0.714. The van der Waals surface area contributed by atoms with Gasteiger partial charge in [0.2, 0.25) is 0 Å². The molecule has 0 aromatic heterocycles. The molecule has 0 aliphatic carbocycles. The molecule has 0 aliphatic heterocycles. The molecular weight excluding hydrogens is 267 g/mol. The molecule has 0 bridgehead atoms. The molecule has 0 heterocycles. The van der Waals surface area contributed by atoms with Crippen LogP contribution in [0.3, 0.4) is 0 Å². The minimum Gasteiger partial charge on any atom is -0.370 e. The molecule has 0 aliphatic rings. The van der Waals surface area contributed by atoms with Gasteiger partial charge in [0, 0.05) is 6.54 Å². The van der Waals surface area contributed by atoms with Crippen molar-refractivity contribution in [2.45, 2.75) is 13.8 Å². The summed E-state index contributed by atoms with van der Waals surface area (Å²) < 4.78 is 0. The maximum atomic E-state index is 8.40. The van der Waals surface area contributed by atoms with Crippen molar-refractivity contribution in [1.82, 2.24) is 5.32 Å². The van der Waals surface area contributed by atoms with Crippen LogP contribution in [-0.2, 0) is 0 Å². The van der Waals surface area contributed by atoms with Crippen molar-refractivity contribution in [3.8, 4) is 6.07 Å². The van der Waals surface area contributed by atoms with Gasteiger partial charge in [-0.1, -0.05) is 0 Å². The van der Waals surface area contributed by atoms with Gasteiger partial charge in [0.15, 0.2) is 5.96 Å². The summed E-state index contributed by atoms with van der Waals surface area (Å²) in [6.45, 7) is 4.98. The molecule has 1 atom stereocenters. The minimum atomic E-state index is -0.0628. The van der Waals surface area contributed by atoms with Gasteiger partial charge in [-0.25, -0.2) is 0 Å². The van der Waals surface area contributed by atoms with Crippen molar-refractivity contribution >= 4 is 29.9 Å². The first-order valence-electron chi connectivity index (χ1n) is 3.64. The standard InChI is InChI=1S/C7H14N4.HI/c1-3-10-7(9)11-5-6(2)4-8;/h6H,3,5H2,1-2H3,(H3,9,10,11);1H. The van der Waals surface area contributed by atoms with Crippen LogP contribution in [0.15, 0.2) is 4.99 Å². The second-order valence-electron chi connectivity index (χ2n) is 2.29. The van der Waals surface area contributed by atoms with E-state index in [-0.39, 0.29) is 29.9 Å². The van der Waals surface area contributed by atoms with E-state index in [1.807, 2.05) is 13.8 Å². The molecular formula is C7H15IN4. The Balaban J connectivity index is 0. The largest absolute Gasteiger partial charge is 0.370 e. The average molecular weight is 282 g/mol. The molecule has 0 spiro atoms. The smallest absolute Gasteiger partial charge is 0.188 e. The lowest BCUT2D eigenvalue weighted by Crippen LogP contribution is -2.31. The van der Waals surface area contributed by atoms with Gasteiger partial charge in [-0.2, -0.15) is 5.26 Å². The van der Waals surface area contributed by atoms with Crippen molar-refractivity contribution in [3.05, 3.63) is 0 Å². The maximum Gasteiger partial charge on any atom is 0.188 e. The molecule has 0 fully saturated rings. The highest BCUT2D eigenvalue weighted by Gasteiger charge is 1.96. The van der Waals surface area contributed by atoms with Crippen LogP contribution in [0.5, 0.6) is 0 Å². The van der Waals surface area contributed by atoms with Crippen LogP contribution < -0.4 is 11.1 Å². The molecule has 4 nitrogen and oxygen atoms in total. The van der Waals surface area contributed by atoms with Crippen LogP contribution >= 0.6 is 24.0 Å². The number of hydrogen-bond donors (Lipinski definition) is 2. The van der Waals surface area contributed by atoms with Crippen LogP contribution in [0.25, 0.3) is 0 Å². The monoisotopic (exact) mass is 282 g/mol. The van der Waals surface area contributed by atoms with Crippen LogP contribution in [0.4, 0.5) is 0 Å². The topological polar surface area (TPSA) is 74.2 Å². The van der Waals surface area contributed by atoms with E-state index in [1.54, 1.807) is 0 Å². The summed E-state index contributed by atoms with van der Waals surface area (Å²) in [4.78, 5) is 3.95. The average Bonchev–Trinajstić information content (AvgIpc) is 2.01. The number of halogens is 1. The number of nitriles is 1. The zero-order chi connectivity index (χ0) is 8.69. The lowest BCUT2D eigenvalue weighted by molar-refractivity contribution is 0.749. The second kappa shape index (κ2) is 8.59. The number of guanidine groups is 1. The van der Waals surface area contributed by atoms with Crippen LogP contribution in [0.2, 0.25) is 0 Å². The van der Waals surface area contributed by atoms with Gasteiger partial charge < -0.3 is 11.1 Å². The first-order valence-corrected chi connectivity index (χ1v) is 3.64. The summed E-state index contributed by atoms with van der Waals surface area (Å²) in [6.07, 6.45) is 0. The number of nitrogens with one attached hydrogen (secondary N) is 1. The van der Waals surface area contributed by atoms with Crippen molar-refractivity contribution in [1.29, 1.82) is 5.26 Å². The molecule has 0 aromatic carbocycles. The highest BCUT2D eigenvalue weighted by atomic mass is 127. The van der Waals surface area contributed by atoms with Gasteiger partial charge in [-0.15, -0.1) is 24.0 Å². The van der Waals surface area contributed by atoms with E-state index >= 15 is 0 Å². The predicted octanol–water partition coefficient (Wildman–Crippen LogP) is 0.688. The fourth-order valence-corrected chi connectivity index (χ4v) is 0.513. The Hall–Kier alpha value is -0.510. The first-order chi connectivity index (χ1) is 5.20.